The van der Waals surface area contributed by atoms with Gasteiger partial charge < -0.3 is 15.3 Å². The number of hydrogen-bond acceptors (Lipinski definition) is 2. The number of rotatable bonds is 2. The number of hydrogen-bond donors (Lipinski definition) is 2. The number of carbonyl (C=O) groups is 2. The second kappa shape index (κ2) is 6.09. The number of carboxylic acid groups (broad SMARTS) is 1. The van der Waals surface area contributed by atoms with E-state index in [0.717, 1.165) is 6.42 Å². The monoisotopic (exact) mass is 338 g/mol. The number of carboxylic acids is 1. The molecule has 0 atom stereocenters. The second-order valence-electron chi connectivity index (χ2n) is 4.68. The summed E-state index contributed by atoms with van der Waals surface area (Å²) in [4.78, 5) is 24.8. The van der Waals surface area contributed by atoms with Crippen LogP contribution < -0.4 is 5.32 Å². The molecule has 2 N–H and O–H groups in total. The summed E-state index contributed by atoms with van der Waals surface area (Å²) in [6.45, 7) is 3.29. The van der Waals surface area contributed by atoms with Crippen LogP contribution in [0.2, 0.25) is 0 Å². The van der Waals surface area contributed by atoms with Crippen LogP contribution in [0, 0.1) is 0 Å². The molecule has 0 aromatic heterocycles. The maximum atomic E-state index is 12.1. The Hall–Kier alpha value is -1.82. The Morgan fingerprint density at radius 2 is 2.15 bits per heavy atom. The van der Waals surface area contributed by atoms with Crippen LogP contribution in [0.1, 0.15) is 23.7 Å². The number of nitrogens with one attached hydrogen (secondary N) is 1. The van der Waals surface area contributed by atoms with Crippen LogP contribution >= 0.6 is 15.9 Å². The number of amides is 2. The number of carbonyl (C=O) groups excluding carboxylic acids is 1. The predicted molar refractivity (Wildman–Crippen MR) is 80.1 cm³/mol. The third kappa shape index (κ3) is 3.39. The summed E-state index contributed by atoms with van der Waals surface area (Å²) in [6, 6.07) is 4.31. The van der Waals surface area contributed by atoms with Gasteiger partial charge in [-0.3, -0.25) is 0 Å². The van der Waals surface area contributed by atoms with Gasteiger partial charge in [0.25, 0.3) is 0 Å². The van der Waals surface area contributed by atoms with E-state index < -0.39 is 5.97 Å². The molecule has 2 amide bonds. The average molecular weight is 339 g/mol. The van der Waals surface area contributed by atoms with E-state index >= 15 is 0 Å². The second-order valence-corrected chi connectivity index (χ2v) is 5.53. The molecule has 1 aromatic carbocycles. The number of halogens is 1. The third-order valence-corrected chi connectivity index (χ3v) is 3.87. The first kappa shape index (κ1) is 14.6. The van der Waals surface area contributed by atoms with Gasteiger partial charge in [0, 0.05) is 17.6 Å². The normalized spacial score (nSPS) is 14.7. The van der Waals surface area contributed by atoms with Crippen molar-refractivity contribution in [3.05, 3.63) is 39.9 Å². The minimum absolute atomic E-state index is 0.137. The first-order valence-corrected chi connectivity index (χ1v) is 7.01. The Bertz CT molecular complexity index is 584. The zero-order valence-corrected chi connectivity index (χ0v) is 12.6. The van der Waals surface area contributed by atoms with Gasteiger partial charge in [-0.2, -0.15) is 0 Å². The Labute approximate surface area is 125 Å². The van der Waals surface area contributed by atoms with Crippen molar-refractivity contribution in [1.82, 2.24) is 4.90 Å². The molecule has 0 bridgehead atoms. The summed E-state index contributed by atoms with van der Waals surface area (Å²) in [5.74, 6) is -1.02. The SMILES string of the molecule is CC1=CCN(C(=O)Nc2cc(C(=O)O)ccc2Br)CC1. The van der Waals surface area contributed by atoms with Crippen molar-refractivity contribution >= 4 is 33.6 Å². The van der Waals surface area contributed by atoms with Gasteiger partial charge in [-0.15, -0.1) is 0 Å². The minimum Gasteiger partial charge on any atom is -0.478 e. The maximum Gasteiger partial charge on any atom is 0.335 e. The van der Waals surface area contributed by atoms with Crippen molar-refractivity contribution < 1.29 is 14.7 Å². The fourth-order valence-corrected chi connectivity index (χ4v) is 2.25. The number of nitrogens with zero attached hydrogens (tertiary/aromatic N) is 1. The zero-order valence-electron chi connectivity index (χ0n) is 11.0. The van der Waals surface area contributed by atoms with E-state index in [1.54, 1.807) is 11.0 Å². The summed E-state index contributed by atoms with van der Waals surface area (Å²) in [5.41, 5.74) is 1.88. The third-order valence-electron chi connectivity index (χ3n) is 3.18. The van der Waals surface area contributed by atoms with Gasteiger partial charge in [-0.1, -0.05) is 11.6 Å². The molecule has 1 aliphatic heterocycles. The Kier molecular flexibility index (Phi) is 4.44. The lowest BCUT2D eigenvalue weighted by Gasteiger charge is -2.26. The highest BCUT2D eigenvalue weighted by atomic mass is 79.9. The van der Waals surface area contributed by atoms with Crippen molar-refractivity contribution in [1.29, 1.82) is 0 Å². The van der Waals surface area contributed by atoms with Crippen LogP contribution in [-0.4, -0.2) is 35.1 Å². The predicted octanol–water partition coefficient (Wildman–Crippen LogP) is 3.33. The molecule has 6 heteroatoms. The molecule has 106 valence electrons. The molecule has 5 nitrogen and oxygen atoms in total. The Morgan fingerprint density at radius 3 is 2.75 bits per heavy atom. The number of urea groups is 1. The van der Waals surface area contributed by atoms with Crippen molar-refractivity contribution in [2.24, 2.45) is 0 Å². The molecular weight excluding hydrogens is 324 g/mol. The fourth-order valence-electron chi connectivity index (χ4n) is 1.90. The molecule has 1 aliphatic rings. The summed E-state index contributed by atoms with van der Waals surface area (Å²) >= 11 is 3.30. The van der Waals surface area contributed by atoms with Crippen molar-refractivity contribution in [2.75, 3.05) is 18.4 Å². The highest BCUT2D eigenvalue weighted by Crippen LogP contribution is 2.24. The molecule has 0 fully saturated rings. The zero-order chi connectivity index (χ0) is 14.7. The standard InChI is InChI=1S/C14H15BrN2O3/c1-9-4-6-17(7-5-9)14(20)16-12-8-10(13(18)19)2-3-11(12)15/h2-4,8H,5-7H2,1H3,(H,16,20)(H,18,19). The first-order chi connectivity index (χ1) is 9.47. The van der Waals surface area contributed by atoms with Crippen LogP contribution in [0.3, 0.4) is 0 Å². The van der Waals surface area contributed by atoms with Gasteiger partial charge in [0.05, 0.1) is 11.3 Å². The summed E-state index contributed by atoms with van der Waals surface area (Å²) in [6.07, 6.45) is 2.88. The molecule has 0 unspecified atom stereocenters. The van der Waals surface area contributed by atoms with Gasteiger partial charge in [-0.05, 0) is 47.5 Å². The van der Waals surface area contributed by atoms with Crippen LogP contribution in [-0.2, 0) is 0 Å². The quantitative estimate of drug-likeness (QED) is 0.812. The summed E-state index contributed by atoms with van der Waals surface area (Å²) < 4.78 is 0.652. The summed E-state index contributed by atoms with van der Waals surface area (Å²) in [7, 11) is 0. The van der Waals surface area contributed by atoms with Gasteiger partial charge in [-0.25, -0.2) is 9.59 Å². The smallest absolute Gasteiger partial charge is 0.335 e. The van der Waals surface area contributed by atoms with Gasteiger partial charge in [0.2, 0.25) is 0 Å². The lowest BCUT2D eigenvalue weighted by Crippen LogP contribution is -2.37. The van der Waals surface area contributed by atoms with E-state index in [1.807, 2.05) is 13.0 Å². The Morgan fingerprint density at radius 1 is 1.40 bits per heavy atom. The number of anilines is 1. The number of aromatic carboxylic acids is 1. The van der Waals surface area contributed by atoms with Gasteiger partial charge in [0.15, 0.2) is 0 Å². The molecule has 1 heterocycles. The van der Waals surface area contributed by atoms with Crippen molar-refractivity contribution in [3.8, 4) is 0 Å². The fraction of sp³-hybridized carbons (Fsp3) is 0.286. The maximum absolute atomic E-state index is 12.1. The van der Waals surface area contributed by atoms with E-state index in [2.05, 4.69) is 21.2 Å². The minimum atomic E-state index is -1.02. The number of benzene rings is 1. The van der Waals surface area contributed by atoms with E-state index in [1.165, 1.54) is 17.7 Å². The van der Waals surface area contributed by atoms with Crippen LogP contribution in [0.25, 0.3) is 0 Å². The summed E-state index contributed by atoms with van der Waals surface area (Å²) in [5, 5.41) is 11.7. The largest absolute Gasteiger partial charge is 0.478 e. The molecular formula is C14H15BrN2O3. The molecule has 0 aliphatic carbocycles. The van der Waals surface area contributed by atoms with E-state index in [0.29, 0.717) is 23.2 Å². The highest BCUT2D eigenvalue weighted by Gasteiger charge is 2.17. The highest BCUT2D eigenvalue weighted by molar-refractivity contribution is 9.10. The molecule has 0 radical (unpaired) electrons. The van der Waals surface area contributed by atoms with E-state index in [9.17, 15) is 9.59 Å². The molecule has 20 heavy (non-hydrogen) atoms. The van der Waals surface area contributed by atoms with Crippen LogP contribution in [0.4, 0.5) is 10.5 Å². The van der Waals surface area contributed by atoms with Gasteiger partial charge in [0.1, 0.15) is 0 Å². The molecule has 0 saturated heterocycles. The lowest BCUT2D eigenvalue weighted by molar-refractivity contribution is 0.0697. The molecule has 2 rings (SSSR count). The molecule has 1 aromatic rings. The topological polar surface area (TPSA) is 69.6 Å². The Balaban J connectivity index is 2.11. The molecule has 0 saturated carbocycles. The van der Waals surface area contributed by atoms with Crippen molar-refractivity contribution in [2.45, 2.75) is 13.3 Å². The van der Waals surface area contributed by atoms with Crippen LogP contribution in [0.15, 0.2) is 34.3 Å². The van der Waals surface area contributed by atoms with Gasteiger partial charge >= 0.3 is 12.0 Å². The molecule has 0 spiro atoms. The van der Waals surface area contributed by atoms with Crippen molar-refractivity contribution in [3.63, 3.8) is 0 Å². The van der Waals surface area contributed by atoms with E-state index in [-0.39, 0.29) is 11.6 Å². The lowest BCUT2D eigenvalue weighted by atomic mass is 10.1. The van der Waals surface area contributed by atoms with E-state index in [4.69, 9.17) is 5.11 Å². The average Bonchev–Trinajstić information content (AvgIpc) is 2.41. The van der Waals surface area contributed by atoms with Crippen LogP contribution in [0.5, 0.6) is 0 Å². The first-order valence-electron chi connectivity index (χ1n) is 6.22.